The van der Waals surface area contributed by atoms with Crippen molar-refractivity contribution in [3.05, 3.63) is 45.9 Å². The molecule has 4 nitrogen and oxygen atoms in total. The van der Waals surface area contributed by atoms with Crippen molar-refractivity contribution in [2.75, 3.05) is 6.54 Å². The number of rotatable bonds is 6. The van der Waals surface area contributed by atoms with E-state index in [9.17, 15) is 14.0 Å². The number of carboxylic acids is 1. The number of nitrogens with one attached hydrogen (secondary N) is 1. The molecule has 1 heterocycles. The van der Waals surface area contributed by atoms with E-state index in [1.807, 2.05) is 6.92 Å². The van der Waals surface area contributed by atoms with E-state index in [4.69, 9.17) is 5.11 Å². The number of hydrogen-bond donors (Lipinski definition) is 2. The minimum atomic E-state index is -0.875. The summed E-state index contributed by atoms with van der Waals surface area (Å²) in [6.07, 6.45) is 0.431. The molecule has 0 bridgehead atoms. The summed E-state index contributed by atoms with van der Waals surface area (Å²) in [5, 5.41) is 11.2. The molecule has 0 radical (unpaired) electrons. The lowest BCUT2D eigenvalue weighted by molar-refractivity contribution is -0.137. The Morgan fingerprint density at radius 1 is 1.27 bits per heavy atom. The monoisotopic (exact) mass is 321 g/mol. The van der Waals surface area contributed by atoms with Crippen molar-refractivity contribution in [2.45, 2.75) is 19.8 Å². The molecule has 0 aliphatic heterocycles. The van der Waals surface area contributed by atoms with Crippen LogP contribution in [0.4, 0.5) is 4.39 Å². The van der Waals surface area contributed by atoms with Crippen LogP contribution in [0, 0.1) is 12.7 Å². The second-order valence-electron chi connectivity index (χ2n) is 4.84. The van der Waals surface area contributed by atoms with Gasteiger partial charge >= 0.3 is 5.97 Å². The van der Waals surface area contributed by atoms with Crippen molar-refractivity contribution < 1.29 is 19.1 Å². The average molecular weight is 321 g/mol. The summed E-state index contributed by atoms with van der Waals surface area (Å²) in [7, 11) is 0. The summed E-state index contributed by atoms with van der Waals surface area (Å²) in [5.74, 6) is -1.39. The predicted molar refractivity (Wildman–Crippen MR) is 83.7 cm³/mol. The first-order chi connectivity index (χ1) is 10.5. The molecule has 116 valence electrons. The van der Waals surface area contributed by atoms with Gasteiger partial charge in [0.25, 0.3) is 5.91 Å². The Morgan fingerprint density at radius 3 is 2.59 bits per heavy atom. The fourth-order valence-electron chi connectivity index (χ4n) is 2.04. The Morgan fingerprint density at radius 2 is 1.95 bits per heavy atom. The van der Waals surface area contributed by atoms with Gasteiger partial charge in [-0.05, 0) is 42.7 Å². The molecule has 1 aromatic heterocycles. The van der Waals surface area contributed by atoms with Crippen molar-refractivity contribution >= 4 is 23.2 Å². The number of hydrogen-bond acceptors (Lipinski definition) is 3. The van der Waals surface area contributed by atoms with Gasteiger partial charge in [-0.15, -0.1) is 11.3 Å². The summed E-state index contributed by atoms with van der Waals surface area (Å²) in [6.45, 7) is 2.23. The summed E-state index contributed by atoms with van der Waals surface area (Å²) in [5.41, 5.74) is 1.76. The van der Waals surface area contributed by atoms with Crippen molar-refractivity contribution in [2.24, 2.45) is 0 Å². The lowest BCUT2D eigenvalue weighted by atomic mass is 10.1. The quantitative estimate of drug-likeness (QED) is 0.801. The maximum atomic E-state index is 13.0. The topological polar surface area (TPSA) is 66.4 Å². The lowest BCUT2D eigenvalue weighted by Gasteiger charge is -2.01. The van der Waals surface area contributed by atoms with Crippen LogP contribution >= 0.6 is 11.3 Å². The largest absolute Gasteiger partial charge is 0.481 e. The van der Waals surface area contributed by atoms with Crippen LogP contribution in [-0.2, 0) is 4.79 Å². The van der Waals surface area contributed by atoms with Gasteiger partial charge in [0.05, 0.1) is 4.88 Å². The third-order valence-electron chi connectivity index (χ3n) is 3.15. The Hall–Kier alpha value is -2.21. The van der Waals surface area contributed by atoms with Crippen LogP contribution in [0.25, 0.3) is 11.1 Å². The summed E-state index contributed by atoms with van der Waals surface area (Å²) in [4.78, 5) is 24.0. The van der Waals surface area contributed by atoms with Crippen LogP contribution in [0.15, 0.2) is 30.3 Å². The van der Waals surface area contributed by atoms with Crippen LogP contribution < -0.4 is 5.32 Å². The zero-order chi connectivity index (χ0) is 16.1. The van der Waals surface area contributed by atoms with Gasteiger partial charge < -0.3 is 10.4 Å². The molecule has 0 aliphatic rings. The maximum Gasteiger partial charge on any atom is 0.303 e. The fourth-order valence-corrected chi connectivity index (χ4v) is 3.00. The highest BCUT2D eigenvalue weighted by Gasteiger charge is 2.13. The highest BCUT2D eigenvalue weighted by molar-refractivity contribution is 7.14. The predicted octanol–water partition coefficient (Wildman–Crippen LogP) is 3.46. The second kappa shape index (κ2) is 7.17. The number of halogens is 1. The van der Waals surface area contributed by atoms with Crippen molar-refractivity contribution in [3.63, 3.8) is 0 Å². The van der Waals surface area contributed by atoms with E-state index < -0.39 is 5.97 Å². The van der Waals surface area contributed by atoms with E-state index in [1.165, 1.54) is 23.5 Å². The van der Waals surface area contributed by atoms with Crippen LogP contribution in [-0.4, -0.2) is 23.5 Å². The average Bonchev–Trinajstić information content (AvgIpc) is 2.86. The van der Waals surface area contributed by atoms with Gasteiger partial charge in [-0.3, -0.25) is 9.59 Å². The molecule has 2 N–H and O–H groups in total. The van der Waals surface area contributed by atoms with E-state index in [2.05, 4.69) is 5.32 Å². The van der Waals surface area contributed by atoms with Crippen molar-refractivity contribution in [3.8, 4) is 11.1 Å². The Kier molecular flexibility index (Phi) is 5.27. The normalized spacial score (nSPS) is 10.5. The minimum Gasteiger partial charge on any atom is -0.481 e. The SMILES string of the molecule is Cc1sc(C(=O)NCCCC(=O)O)cc1-c1ccc(F)cc1. The van der Waals surface area contributed by atoms with E-state index >= 15 is 0 Å². The van der Waals surface area contributed by atoms with Gasteiger partial charge in [0, 0.05) is 17.8 Å². The lowest BCUT2D eigenvalue weighted by Crippen LogP contribution is -2.23. The molecule has 0 saturated heterocycles. The fraction of sp³-hybridized carbons (Fsp3) is 0.250. The third-order valence-corrected chi connectivity index (χ3v) is 4.20. The molecule has 6 heteroatoms. The van der Waals surface area contributed by atoms with Crippen LogP contribution in [0.1, 0.15) is 27.4 Å². The summed E-state index contributed by atoms with van der Waals surface area (Å²) in [6, 6.07) is 7.91. The minimum absolute atomic E-state index is 0.0323. The van der Waals surface area contributed by atoms with Crippen molar-refractivity contribution in [1.29, 1.82) is 0 Å². The molecule has 0 atom stereocenters. The first-order valence-electron chi connectivity index (χ1n) is 6.83. The molecule has 1 aromatic carbocycles. The second-order valence-corrected chi connectivity index (χ2v) is 6.10. The first kappa shape index (κ1) is 16.2. The molecule has 1 amide bonds. The summed E-state index contributed by atoms with van der Waals surface area (Å²) < 4.78 is 13.0. The summed E-state index contributed by atoms with van der Waals surface area (Å²) >= 11 is 1.36. The van der Waals surface area contributed by atoms with Gasteiger partial charge in [-0.2, -0.15) is 0 Å². The standard InChI is InChI=1S/C16H16FNO3S/c1-10-13(11-4-6-12(17)7-5-11)9-14(22-10)16(21)18-8-2-3-15(19)20/h4-7,9H,2-3,8H2,1H3,(H,18,21)(H,19,20). The third kappa shape index (κ3) is 4.14. The van der Waals surface area contributed by atoms with Crippen LogP contribution in [0.5, 0.6) is 0 Å². The zero-order valence-electron chi connectivity index (χ0n) is 12.1. The van der Waals surface area contributed by atoms with Gasteiger partial charge in [-0.25, -0.2) is 4.39 Å². The van der Waals surface area contributed by atoms with Crippen LogP contribution in [0.3, 0.4) is 0 Å². The molecule has 0 aliphatic carbocycles. The zero-order valence-corrected chi connectivity index (χ0v) is 12.9. The highest BCUT2D eigenvalue weighted by atomic mass is 32.1. The molecule has 0 fully saturated rings. The number of thiophene rings is 1. The molecule has 22 heavy (non-hydrogen) atoms. The molecular formula is C16H16FNO3S. The Labute approximate surface area is 131 Å². The number of carboxylic acid groups (broad SMARTS) is 1. The van der Waals surface area contributed by atoms with Gasteiger partial charge in [0.1, 0.15) is 5.82 Å². The number of aliphatic carboxylic acids is 1. The van der Waals surface area contributed by atoms with Gasteiger partial charge in [-0.1, -0.05) is 12.1 Å². The Balaban J connectivity index is 2.04. The van der Waals surface area contributed by atoms with E-state index in [1.54, 1.807) is 18.2 Å². The van der Waals surface area contributed by atoms with E-state index in [0.717, 1.165) is 16.0 Å². The molecular weight excluding hydrogens is 305 g/mol. The Bertz CT molecular complexity index is 679. The number of carbonyl (C=O) groups is 2. The molecule has 0 unspecified atom stereocenters. The smallest absolute Gasteiger partial charge is 0.303 e. The maximum absolute atomic E-state index is 13.0. The van der Waals surface area contributed by atoms with Gasteiger partial charge in [0.15, 0.2) is 0 Å². The van der Waals surface area contributed by atoms with E-state index in [-0.39, 0.29) is 18.1 Å². The molecule has 0 spiro atoms. The van der Waals surface area contributed by atoms with E-state index in [0.29, 0.717) is 17.8 Å². The number of carbonyl (C=O) groups excluding carboxylic acids is 1. The number of amides is 1. The number of aryl methyl sites for hydroxylation is 1. The molecule has 2 rings (SSSR count). The first-order valence-corrected chi connectivity index (χ1v) is 7.65. The van der Waals surface area contributed by atoms with Crippen LogP contribution in [0.2, 0.25) is 0 Å². The highest BCUT2D eigenvalue weighted by Crippen LogP contribution is 2.31. The van der Waals surface area contributed by atoms with Gasteiger partial charge in [0.2, 0.25) is 0 Å². The molecule has 0 saturated carbocycles. The van der Waals surface area contributed by atoms with Crippen molar-refractivity contribution in [1.82, 2.24) is 5.32 Å². The molecule has 2 aromatic rings. The number of benzene rings is 1.